The maximum Gasteiger partial charge on any atom is 0.266 e. The van der Waals surface area contributed by atoms with Crippen molar-refractivity contribution in [3.05, 3.63) is 99.8 Å². The fourth-order valence-corrected chi connectivity index (χ4v) is 3.49. The van der Waals surface area contributed by atoms with Crippen molar-refractivity contribution in [2.24, 2.45) is 0 Å². The first-order valence-corrected chi connectivity index (χ1v) is 10.1. The van der Waals surface area contributed by atoms with Gasteiger partial charge in [-0.05, 0) is 34.5 Å². The molecule has 0 aliphatic rings. The van der Waals surface area contributed by atoms with Gasteiger partial charge in [0.15, 0.2) is 0 Å². The van der Waals surface area contributed by atoms with Crippen LogP contribution in [0.15, 0.2) is 83.7 Å². The Bertz CT molecular complexity index is 1240. The second kappa shape index (κ2) is 8.93. The van der Waals surface area contributed by atoms with Gasteiger partial charge in [-0.3, -0.25) is 9.59 Å². The fourth-order valence-electron chi connectivity index (χ4n) is 3.37. The van der Waals surface area contributed by atoms with Gasteiger partial charge in [0.2, 0.25) is 5.91 Å². The van der Waals surface area contributed by atoms with Gasteiger partial charge in [0.25, 0.3) is 5.56 Å². The molecule has 0 unspecified atom stereocenters. The summed E-state index contributed by atoms with van der Waals surface area (Å²) in [5, 5.41) is 10.1. The number of rotatable bonds is 6. The number of benzene rings is 3. The Hall–Kier alpha value is -3.44. The van der Waals surface area contributed by atoms with Gasteiger partial charge in [-0.15, -0.1) is 0 Å². The van der Waals surface area contributed by atoms with Crippen LogP contribution < -0.4 is 10.9 Å². The number of aromatic nitrogens is 2. The molecule has 3 aromatic carbocycles. The van der Waals surface area contributed by atoms with Crippen molar-refractivity contribution in [3.8, 4) is 11.3 Å². The Kier molecular flexibility index (Phi) is 5.91. The van der Waals surface area contributed by atoms with Crippen LogP contribution >= 0.6 is 11.6 Å². The number of carbonyl (C=O) groups is 1. The molecule has 1 aromatic heterocycles. The highest BCUT2D eigenvalue weighted by Crippen LogP contribution is 2.19. The van der Waals surface area contributed by atoms with E-state index < -0.39 is 0 Å². The molecule has 0 bridgehead atoms. The number of carbonyl (C=O) groups excluding carboxylic acids is 1. The third kappa shape index (κ3) is 4.58. The quantitative estimate of drug-likeness (QED) is 0.514. The average Bonchev–Trinajstić information content (AvgIpc) is 2.76. The Morgan fingerprint density at radius 1 is 0.933 bits per heavy atom. The minimum atomic E-state index is -0.212. The van der Waals surface area contributed by atoms with E-state index in [-0.39, 0.29) is 17.9 Å². The number of hydrogen-bond donors (Lipinski definition) is 1. The summed E-state index contributed by atoms with van der Waals surface area (Å²) < 4.78 is 1.36. The van der Waals surface area contributed by atoms with E-state index in [1.165, 1.54) is 10.7 Å². The minimum Gasteiger partial charge on any atom is -0.354 e. The Balaban J connectivity index is 1.40. The Morgan fingerprint density at radius 3 is 2.53 bits per heavy atom. The highest BCUT2D eigenvalue weighted by molar-refractivity contribution is 6.30. The standard InChI is InChI=1S/C24H20ClN3O2/c25-20-10-8-18(9-11-20)22-12-13-24(30)28(27-22)15-14-26-23(29)16-19-6-3-5-17-4-1-2-7-21(17)19/h1-13H,14-16H2,(H,26,29). The van der Waals surface area contributed by atoms with Gasteiger partial charge in [0.05, 0.1) is 18.7 Å². The summed E-state index contributed by atoms with van der Waals surface area (Å²) in [5.41, 5.74) is 2.31. The highest BCUT2D eigenvalue weighted by atomic mass is 35.5. The van der Waals surface area contributed by atoms with Crippen LogP contribution in [0.4, 0.5) is 0 Å². The number of hydrogen-bond acceptors (Lipinski definition) is 3. The van der Waals surface area contributed by atoms with Gasteiger partial charge in [-0.25, -0.2) is 4.68 Å². The predicted molar refractivity (Wildman–Crippen MR) is 120 cm³/mol. The lowest BCUT2D eigenvalue weighted by Gasteiger charge is -2.10. The number of halogens is 1. The number of nitrogens with zero attached hydrogens (tertiary/aromatic N) is 2. The van der Waals surface area contributed by atoms with E-state index in [2.05, 4.69) is 10.4 Å². The van der Waals surface area contributed by atoms with Gasteiger partial charge in [-0.1, -0.05) is 66.2 Å². The molecule has 5 nitrogen and oxygen atoms in total. The monoisotopic (exact) mass is 417 g/mol. The van der Waals surface area contributed by atoms with Crippen molar-refractivity contribution < 1.29 is 4.79 Å². The van der Waals surface area contributed by atoms with E-state index in [1.54, 1.807) is 18.2 Å². The molecule has 30 heavy (non-hydrogen) atoms. The van der Waals surface area contributed by atoms with Gasteiger partial charge < -0.3 is 5.32 Å². The lowest BCUT2D eigenvalue weighted by atomic mass is 10.0. The molecular weight excluding hydrogens is 398 g/mol. The molecule has 4 rings (SSSR count). The molecule has 0 radical (unpaired) electrons. The summed E-state index contributed by atoms with van der Waals surface area (Å²) in [5.74, 6) is -0.0896. The second-order valence-electron chi connectivity index (χ2n) is 6.95. The first kappa shape index (κ1) is 19.9. The molecule has 0 spiro atoms. The molecule has 6 heteroatoms. The van der Waals surface area contributed by atoms with Crippen molar-refractivity contribution >= 4 is 28.3 Å². The van der Waals surface area contributed by atoms with Gasteiger partial charge in [0.1, 0.15) is 0 Å². The molecule has 0 saturated carbocycles. The van der Waals surface area contributed by atoms with Gasteiger partial charge in [0, 0.05) is 23.2 Å². The normalized spacial score (nSPS) is 10.8. The van der Waals surface area contributed by atoms with E-state index >= 15 is 0 Å². The SMILES string of the molecule is O=C(Cc1cccc2ccccc12)NCCn1nc(-c2ccc(Cl)cc2)ccc1=O. The first-order chi connectivity index (χ1) is 14.6. The predicted octanol–water partition coefficient (Wildman–Crippen LogP) is 4.08. The molecule has 0 atom stereocenters. The summed E-state index contributed by atoms with van der Waals surface area (Å²) >= 11 is 5.93. The molecular formula is C24H20ClN3O2. The van der Waals surface area contributed by atoms with Crippen molar-refractivity contribution in [3.63, 3.8) is 0 Å². The van der Waals surface area contributed by atoms with E-state index in [1.807, 2.05) is 54.6 Å². The number of amides is 1. The molecule has 150 valence electrons. The molecule has 1 N–H and O–H groups in total. The smallest absolute Gasteiger partial charge is 0.266 e. The largest absolute Gasteiger partial charge is 0.354 e. The zero-order chi connectivity index (χ0) is 20.9. The van der Waals surface area contributed by atoms with E-state index in [0.717, 1.165) is 21.9 Å². The maximum atomic E-state index is 12.4. The molecule has 4 aromatic rings. The summed E-state index contributed by atoms with van der Waals surface area (Å²) in [6.07, 6.45) is 0.286. The summed E-state index contributed by atoms with van der Waals surface area (Å²) in [7, 11) is 0. The third-order valence-corrected chi connectivity index (χ3v) is 5.14. The summed E-state index contributed by atoms with van der Waals surface area (Å²) in [6, 6.07) is 24.4. The first-order valence-electron chi connectivity index (χ1n) is 9.67. The summed E-state index contributed by atoms with van der Waals surface area (Å²) in [6.45, 7) is 0.613. The Morgan fingerprint density at radius 2 is 1.70 bits per heavy atom. The molecule has 0 aliphatic carbocycles. The topological polar surface area (TPSA) is 64.0 Å². The lowest BCUT2D eigenvalue weighted by Crippen LogP contribution is -2.32. The van der Waals surface area contributed by atoms with Crippen LogP contribution in [0.5, 0.6) is 0 Å². The van der Waals surface area contributed by atoms with Crippen molar-refractivity contribution in [1.29, 1.82) is 0 Å². The van der Waals surface area contributed by atoms with Crippen molar-refractivity contribution in [1.82, 2.24) is 15.1 Å². The van der Waals surface area contributed by atoms with E-state index in [0.29, 0.717) is 23.8 Å². The van der Waals surface area contributed by atoms with Crippen molar-refractivity contribution in [2.75, 3.05) is 6.54 Å². The number of fused-ring (bicyclic) bond motifs is 1. The lowest BCUT2D eigenvalue weighted by molar-refractivity contribution is -0.120. The Labute approximate surface area is 178 Å². The fraction of sp³-hybridized carbons (Fsp3) is 0.125. The third-order valence-electron chi connectivity index (χ3n) is 4.88. The summed E-state index contributed by atoms with van der Waals surface area (Å²) in [4.78, 5) is 24.6. The molecule has 0 fully saturated rings. The maximum absolute atomic E-state index is 12.4. The zero-order valence-corrected chi connectivity index (χ0v) is 17.0. The van der Waals surface area contributed by atoms with Crippen LogP contribution in [-0.4, -0.2) is 22.2 Å². The number of nitrogens with one attached hydrogen (secondary N) is 1. The van der Waals surface area contributed by atoms with Crippen LogP contribution in [0.25, 0.3) is 22.0 Å². The highest BCUT2D eigenvalue weighted by Gasteiger charge is 2.08. The molecule has 0 saturated heterocycles. The van der Waals surface area contributed by atoms with Gasteiger partial charge >= 0.3 is 0 Å². The van der Waals surface area contributed by atoms with E-state index in [4.69, 9.17) is 11.6 Å². The van der Waals surface area contributed by atoms with Crippen LogP contribution in [0, 0.1) is 0 Å². The minimum absolute atomic E-state index is 0.0896. The molecule has 1 amide bonds. The van der Waals surface area contributed by atoms with Crippen LogP contribution in [-0.2, 0) is 17.8 Å². The van der Waals surface area contributed by atoms with E-state index in [9.17, 15) is 9.59 Å². The molecule has 1 heterocycles. The van der Waals surface area contributed by atoms with Gasteiger partial charge in [-0.2, -0.15) is 5.10 Å². The second-order valence-corrected chi connectivity index (χ2v) is 7.39. The molecule has 0 aliphatic heterocycles. The zero-order valence-electron chi connectivity index (χ0n) is 16.2. The van der Waals surface area contributed by atoms with Crippen molar-refractivity contribution in [2.45, 2.75) is 13.0 Å². The van der Waals surface area contributed by atoms with Crippen LogP contribution in [0.2, 0.25) is 5.02 Å². The average molecular weight is 418 g/mol. The van der Waals surface area contributed by atoms with Crippen LogP contribution in [0.3, 0.4) is 0 Å². The van der Waals surface area contributed by atoms with Crippen LogP contribution in [0.1, 0.15) is 5.56 Å².